The maximum Gasteiger partial charge on any atom is 0.257 e. The molecule has 0 atom stereocenters. The number of nitrogens with one attached hydrogen (secondary N) is 1. The summed E-state index contributed by atoms with van der Waals surface area (Å²) in [6.45, 7) is 3.73. The maximum atomic E-state index is 12.5. The molecule has 7 heteroatoms. The second-order valence-corrected chi connectivity index (χ2v) is 6.81. The fourth-order valence-corrected chi connectivity index (χ4v) is 3.26. The quantitative estimate of drug-likeness (QED) is 0.616. The molecule has 26 heavy (non-hydrogen) atoms. The van der Waals surface area contributed by atoms with Gasteiger partial charge in [0.2, 0.25) is 5.13 Å². The van der Waals surface area contributed by atoms with Crippen molar-refractivity contribution in [3.8, 4) is 16.3 Å². The van der Waals surface area contributed by atoms with Gasteiger partial charge in [-0.25, -0.2) is 0 Å². The number of allylic oxidation sites excluding steroid dienone is 1. The van der Waals surface area contributed by atoms with Crippen molar-refractivity contribution in [2.75, 3.05) is 12.4 Å². The molecular weight excluding hydrogens is 370 g/mol. The van der Waals surface area contributed by atoms with Crippen LogP contribution in [0.25, 0.3) is 10.6 Å². The van der Waals surface area contributed by atoms with E-state index in [1.54, 1.807) is 43.5 Å². The lowest BCUT2D eigenvalue weighted by Crippen LogP contribution is -2.12. The highest BCUT2D eigenvalue weighted by atomic mass is 35.5. The Morgan fingerprint density at radius 1 is 1.27 bits per heavy atom. The van der Waals surface area contributed by atoms with Gasteiger partial charge in [0.25, 0.3) is 5.91 Å². The minimum Gasteiger partial charge on any atom is -0.496 e. The number of hydrogen-bond acceptors (Lipinski definition) is 5. The predicted molar refractivity (Wildman–Crippen MR) is 105 cm³/mol. The molecule has 1 aromatic heterocycles. The molecule has 0 saturated heterocycles. The van der Waals surface area contributed by atoms with Crippen LogP contribution in [0, 0.1) is 0 Å². The fourth-order valence-electron chi connectivity index (χ4n) is 2.39. The third-order valence-corrected chi connectivity index (χ3v) is 4.78. The minimum absolute atomic E-state index is 0.253. The molecule has 0 aliphatic rings. The van der Waals surface area contributed by atoms with Crippen LogP contribution in [0.4, 0.5) is 5.13 Å². The van der Waals surface area contributed by atoms with Crippen molar-refractivity contribution >= 4 is 34.0 Å². The summed E-state index contributed by atoms with van der Waals surface area (Å²) in [6.07, 6.45) is 2.38. The Labute approximate surface area is 160 Å². The number of halogens is 1. The first-order valence-electron chi connectivity index (χ1n) is 7.79. The summed E-state index contributed by atoms with van der Waals surface area (Å²) in [5.74, 6) is 0.471. The van der Waals surface area contributed by atoms with Gasteiger partial charge >= 0.3 is 0 Å². The van der Waals surface area contributed by atoms with Crippen LogP contribution in [0.1, 0.15) is 15.9 Å². The van der Waals surface area contributed by atoms with Crippen molar-refractivity contribution < 1.29 is 9.53 Å². The lowest BCUT2D eigenvalue weighted by molar-refractivity contribution is 0.102. The lowest BCUT2D eigenvalue weighted by Gasteiger charge is -2.09. The molecule has 132 valence electrons. The topological polar surface area (TPSA) is 64.1 Å². The summed E-state index contributed by atoms with van der Waals surface area (Å²) >= 11 is 7.19. The summed E-state index contributed by atoms with van der Waals surface area (Å²) in [5.41, 5.74) is 2.31. The van der Waals surface area contributed by atoms with Gasteiger partial charge in [-0.2, -0.15) is 0 Å². The van der Waals surface area contributed by atoms with E-state index in [9.17, 15) is 4.79 Å². The molecule has 2 aromatic carbocycles. The molecule has 0 fully saturated rings. The van der Waals surface area contributed by atoms with Crippen LogP contribution in [0.15, 0.2) is 55.1 Å². The van der Waals surface area contributed by atoms with E-state index in [0.717, 1.165) is 16.9 Å². The first-order chi connectivity index (χ1) is 12.6. The van der Waals surface area contributed by atoms with Crippen molar-refractivity contribution in [1.29, 1.82) is 0 Å². The summed E-state index contributed by atoms with van der Waals surface area (Å²) in [4.78, 5) is 12.5. The number of anilines is 1. The highest BCUT2D eigenvalue weighted by Gasteiger charge is 2.13. The summed E-state index contributed by atoms with van der Waals surface area (Å²) in [5, 5.41) is 12.7. The Kier molecular flexibility index (Phi) is 5.65. The molecule has 0 aliphatic carbocycles. The molecule has 3 aromatic rings. The molecule has 0 spiro atoms. The van der Waals surface area contributed by atoms with Crippen LogP contribution in [0.5, 0.6) is 5.75 Å². The second-order valence-electron chi connectivity index (χ2n) is 5.39. The van der Waals surface area contributed by atoms with Gasteiger partial charge in [0, 0.05) is 16.1 Å². The first kappa shape index (κ1) is 18.1. The van der Waals surface area contributed by atoms with Crippen molar-refractivity contribution in [2.45, 2.75) is 6.42 Å². The van der Waals surface area contributed by atoms with Gasteiger partial charge in [-0.1, -0.05) is 41.1 Å². The van der Waals surface area contributed by atoms with Gasteiger partial charge in [0.15, 0.2) is 0 Å². The standard InChI is InChI=1S/C19H16ClN3O2S/c1-3-4-13-11-14(7-10-16(13)25-2)17(24)21-19-23-22-18(26-19)12-5-8-15(20)9-6-12/h3,5-11H,1,4H2,2H3,(H,21,23,24). The number of carbonyl (C=O) groups is 1. The van der Waals surface area contributed by atoms with E-state index in [1.165, 1.54) is 11.3 Å². The Balaban J connectivity index is 1.77. The molecule has 5 nitrogen and oxygen atoms in total. The van der Waals surface area contributed by atoms with Crippen molar-refractivity contribution in [2.24, 2.45) is 0 Å². The SMILES string of the molecule is C=CCc1cc(C(=O)Nc2nnc(-c3ccc(Cl)cc3)s2)ccc1OC. The van der Waals surface area contributed by atoms with E-state index >= 15 is 0 Å². The number of ether oxygens (including phenoxy) is 1. The highest BCUT2D eigenvalue weighted by Crippen LogP contribution is 2.28. The maximum absolute atomic E-state index is 12.5. The molecule has 0 unspecified atom stereocenters. The number of amides is 1. The number of nitrogens with zero attached hydrogens (tertiary/aromatic N) is 2. The number of benzene rings is 2. The van der Waals surface area contributed by atoms with E-state index < -0.39 is 0 Å². The summed E-state index contributed by atoms with van der Waals surface area (Å²) in [6, 6.07) is 12.6. The van der Waals surface area contributed by atoms with Crippen LogP contribution in [-0.2, 0) is 6.42 Å². The van der Waals surface area contributed by atoms with Crippen LogP contribution >= 0.6 is 22.9 Å². The summed E-state index contributed by atoms with van der Waals surface area (Å²) in [7, 11) is 1.60. The first-order valence-corrected chi connectivity index (χ1v) is 8.98. The van der Waals surface area contributed by atoms with Crippen molar-refractivity contribution in [3.05, 3.63) is 71.3 Å². The van der Waals surface area contributed by atoms with E-state index in [2.05, 4.69) is 22.1 Å². The van der Waals surface area contributed by atoms with Gasteiger partial charge < -0.3 is 4.74 Å². The molecule has 0 aliphatic heterocycles. The fraction of sp³-hybridized carbons (Fsp3) is 0.105. The van der Waals surface area contributed by atoms with E-state index in [-0.39, 0.29) is 5.91 Å². The number of hydrogen-bond donors (Lipinski definition) is 1. The van der Waals surface area contributed by atoms with E-state index in [0.29, 0.717) is 27.1 Å². The molecule has 1 amide bonds. The van der Waals surface area contributed by atoms with Gasteiger partial charge in [-0.3, -0.25) is 10.1 Å². The normalized spacial score (nSPS) is 10.4. The second kappa shape index (κ2) is 8.12. The number of carbonyl (C=O) groups excluding carboxylic acids is 1. The average molecular weight is 386 g/mol. The van der Waals surface area contributed by atoms with Crippen LogP contribution in [-0.4, -0.2) is 23.2 Å². The van der Waals surface area contributed by atoms with E-state index in [1.807, 2.05) is 12.1 Å². The highest BCUT2D eigenvalue weighted by molar-refractivity contribution is 7.18. The van der Waals surface area contributed by atoms with Crippen molar-refractivity contribution in [1.82, 2.24) is 10.2 Å². The molecule has 0 bridgehead atoms. The largest absolute Gasteiger partial charge is 0.496 e. The molecular formula is C19H16ClN3O2S. The van der Waals surface area contributed by atoms with Gasteiger partial charge in [-0.15, -0.1) is 16.8 Å². The minimum atomic E-state index is -0.253. The third kappa shape index (κ3) is 4.09. The van der Waals surface area contributed by atoms with Gasteiger partial charge in [-0.05, 0) is 42.3 Å². The van der Waals surface area contributed by atoms with Crippen LogP contribution < -0.4 is 10.1 Å². The molecule has 1 N–H and O–H groups in total. The number of aromatic nitrogens is 2. The average Bonchev–Trinajstić information content (AvgIpc) is 3.11. The van der Waals surface area contributed by atoms with Crippen molar-refractivity contribution in [3.63, 3.8) is 0 Å². The van der Waals surface area contributed by atoms with Crippen LogP contribution in [0.3, 0.4) is 0 Å². The zero-order chi connectivity index (χ0) is 18.5. The monoisotopic (exact) mass is 385 g/mol. The van der Waals surface area contributed by atoms with E-state index in [4.69, 9.17) is 16.3 Å². The Morgan fingerprint density at radius 3 is 2.73 bits per heavy atom. The third-order valence-electron chi connectivity index (χ3n) is 3.64. The Bertz CT molecular complexity index is 938. The predicted octanol–water partition coefficient (Wildman–Crippen LogP) is 4.85. The zero-order valence-electron chi connectivity index (χ0n) is 14.0. The number of rotatable bonds is 6. The lowest BCUT2D eigenvalue weighted by atomic mass is 10.1. The van der Waals surface area contributed by atoms with Gasteiger partial charge in [0.05, 0.1) is 7.11 Å². The smallest absolute Gasteiger partial charge is 0.257 e. The summed E-state index contributed by atoms with van der Waals surface area (Å²) < 4.78 is 5.30. The molecule has 3 rings (SSSR count). The Hall–Kier alpha value is -2.70. The Morgan fingerprint density at radius 2 is 2.04 bits per heavy atom. The zero-order valence-corrected chi connectivity index (χ0v) is 15.6. The number of methoxy groups -OCH3 is 1. The molecule has 0 radical (unpaired) electrons. The molecule has 1 heterocycles. The van der Waals surface area contributed by atoms with Crippen LogP contribution in [0.2, 0.25) is 5.02 Å². The molecule has 0 saturated carbocycles. The van der Waals surface area contributed by atoms with Gasteiger partial charge in [0.1, 0.15) is 10.8 Å².